The van der Waals surface area contributed by atoms with Crippen molar-refractivity contribution in [1.29, 1.82) is 0 Å². The Labute approximate surface area is 321 Å². The van der Waals surface area contributed by atoms with Crippen molar-refractivity contribution in [2.75, 3.05) is 7.11 Å². The Bertz CT molecular complexity index is 2030. The molecule has 0 radical (unpaired) electrons. The van der Waals surface area contributed by atoms with E-state index in [0.717, 1.165) is 57.7 Å². The molecular formula is C37H41ClN6O11. The highest BCUT2D eigenvalue weighted by Gasteiger charge is 2.56. The van der Waals surface area contributed by atoms with E-state index in [-0.39, 0.29) is 17.6 Å². The molecule has 2 aromatic carbocycles. The molecule has 0 unspecified atom stereocenters. The number of tetrazole rings is 1. The Morgan fingerprint density at radius 1 is 0.836 bits per heavy atom. The number of carbonyl (C=O) groups is 5. The van der Waals surface area contributed by atoms with Crippen molar-refractivity contribution in [3.63, 3.8) is 0 Å². The molecule has 1 aliphatic heterocycles. The Balaban J connectivity index is 1.53. The maximum atomic E-state index is 13.0. The number of halogens is 1. The first kappa shape index (κ1) is 40.5. The lowest BCUT2D eigenvalue weighted by atomic mass is 9.96. The number of aromatic nitrogens is 6. The van der Waals surface area contributed by atoms with Crippen LogP contribution in [0.5, 0.6) is 0 Å². The number of carbonyl (C=O) groups excluding carboxylic acids is 5. The van der Waals surface area contributed by atoms with Crippen LogP contribution >= 0.6 is 11.6 Å². The topological polar surface area (TPSA) is 202 Å². The molecular weight excluding hydrogens is 740 g/mol. The first-order chi connectivity index (χ1) is 26.3. The van der Waals surface area contributed by atoms with Crippen LogP contribution in [-0.2, 0) is 72.0 Å². The van der Waals surface area contributed by atoms with Crippen LogP contribution in [0.25, 0.3) is 22.5 Å². The second-order valence-electron chi connectivity index (χ2n) is 12.6. The number of aryl methyl sites for hydroxylation is 1. The fourth-order valence-corrected chi connectivity index (χ4v) is 6.52. The molecule has 17 nitrogen and oxygen atoms in total. The van der Waals surface area contributed by atoms with Gasteiger partial charge in [0.15, 0.2) is 41.6 Å². The molecule has 0 spiro atoms. The van der Waals surface area contributed by atoms with E-state index in [4.69, 9.17) is 40.0 Å². The van der Waals surface area contributed by atoms with Gasteiger partial charge in [0.2, 0.25) is 0 Å². The molecule has 1 aliphatic rings. The third-order valence-corrected chi connectivity index (χ3v) is 8.93. The first-order valence-corrected chi connectivity index (χ1v) is 17.8. The van der Waals surface area contributed by atoms with E-state index in [1.54, 1.807) is 12.1 Å². The van der Waals surface area contributed by atoms with E-state index in [2.05, 4.69) is 27.4 Å². The maximum Gasteiger partial charge on any atom is 0.339 e. The van der Waals surface area contributed by atoms with E-state index >= 15 is 0 Å². The quantitative estimate of drug-likeness (QED) is 0.130. The molecule has 55 heavy (non-hydrogen) atoms. The lowest BCUT2D eigenvalue weighted by Gasteiger charge is -2.43. The highest BCUT2D eigenvalue weighted by Crippen LogP contribution is 2.38. The van der Waals surface area contributed by atoms with Crippen molar-refractivity contribution in [2.45, 2.75) is 97.7 Å². The third-order valence-electron chi connectivity index (χ3n) is 8.63. The zero-order valence-corrected chi connectivity index (χ0v) is 31.8. The number of rotatable bonds is 14. The molecule has 5 rings (SSSR count). The van der Waals surface area contributed by atoms with E-state index in [1.807, 2.05) is 41.0 Å². The summed E-state index contributed by atoms with van der Waals surface area (Å²) >= 11 is 6.50. The van der Waals surface area contributed by atoms with Gasteiger partial charge in [-0.05, 0) is 33.5 Å². The number of hydrogen-bond acceptors (Lipinski definition) is 15. The summed E-state index contributed by atoms with van der Waals surface area (Å²) in [6.45, 7) is 7.16. The van der Waals surface area contributed by atoms with Gasteiger partial charge in [0.05, 0.1) is 12.8 Å². The molecule has 1 fully saturated rings. The van der Waals surface area contributed by atoms with Crippen molar-refractivity contribution in [2.24, 2.45) is 0 Å². The van der Waals surface area contributed by atoms with Crippen molar-refractivity contribution >= 4 is 41.4 Å². The Morgan fingerprint density at radius 3 is 2.09 bits per heavy atom. The average Bonchev–Trinajstić information content (AvgIpc) is 3.74. The molecule has 5 atom stereocenters. The van der Waals surface area contributed by atoms with Gasteiger partial charge in [0, 0.05) is 46.2 Å². The molecule has 4 aromatic rings. The second kappa shape index (κ2) is 18.1. The summed E-state index contributed by atoms with van der Waals surface area (Å²) in [5.74, 6) is -2.89. The Kier molecular flexibility index (Phi) is 13.3. The van der Waals surface area contributed by atoms with Gasteiger partial charge in [-0.25, -0.2) is 9.78 Å². The number of unbranched alkanes of at least 4 members (excludes halogenated alkanes) is 1. The number of hydrogen-bond donors (Lipinski definition) is 0. The molecule has 292 valence electrons. The monoisotopic (exact) mass is 780 g/mol. The number of benzene rings is 2. The van der Waals surface area contributed by atoms with Crippen molar-refractivity contribution in [3.8, 4) is 22.5 Å². The molecule has 18 heteroatoms. The Morgan fingerprint density at radius 2 is 1.47 bits per heavy atom. The smallest absolute Gasteiger partial charge is 0.339 e. The molecule has 0 bridgehead atoms. The minimum absolute atomic E-state index is 0.0110. The normalized spacial score (nSPS) is 19.3. The van der Waals surface area contributed by atoms with Crippen molar-refractivity contribution in [3.05, 3.63) is 70.8 Å². The van der Waals surface area contributed by atoms with Gasteiger partial charge in [-0.1, -0.05) is 73.5 Å². The van der Waals surface area contributed by atoms with Crippen LogP contribution in [0.4, 0.5) is 0 Å². The molecule has 2 aromatic heterocycles. The Hall–Kier alpha value is -5.68. The van der Waals surface area contributed by atoms with Gasteiger partial charge >= 0.3 is 29.8 Å². The predicted octanol–water partition coefficient (Wildman–Crippen LogP) is 4.18. The molecule has 3 heterocycles. The van der Waals surface area contributed by atoms with Crippen LogP contribution in [0.3, 0.4) is 0 Å². The summed E-state index contributed by atoms with van der Waals surface area (Å²) in [6, 6.07) is 15.0. The molecule has 0 amide bonds. The summed E-state index contributed by atoms with van der Waals surface area (Å²) in [4.78, 5) is 66.1. The number of methoxy groups -OCH3 is 1. The molecule has 0 aliphatic carbocycles. The number of imidazole rings is 1. The van der Waals surface area contributed by atoms with E-state index in [1.165, 1.54) is 11.6 Å². The van der Waals surface area contributed by atoms with E-state index < -0.39 is 60.5 Å². The van der Waals surface area contributed by atoms with Gasteiger partial charge in [0.25, 0.3) is 0 Å². The van der Waals surface area contributed by atoms with Crippen molar-refractivity contribution in [1.82, 2.24) is 29.8 Å². The predicted molar refractivity (Wildman–Crippen MR) is 192 cm³/mol. The average molecular weight is 781 g/mol. The third kappa shape index (κ3) is 9.53. The highest BCUT2D eigenvalue weighted by molar-refractivity contribution is 6.30. The number of nitrogens with zero attached hydrogens (tertiary/aromatic N) is 6. The zero-order chi connectivity index (χ0) is 39.8. The van der Waals surface area contributed by atoms with Gasteiger partial charge < -0.3 is 33.0 Å². The van der Waals surface area contributed by atoms with Gasteiger partial charge in [-0.2, -0.15) is 4.68 Å². The highest BCUT2D eigenvalue weighted by atomic mass is 35.5. The van der Waals surface area contributed by atoms with Gasteiger partial charge in [0.1, 0.15) is 12.4 Å². The fraction of sp³-hybridized carbons (Fsp3) is 0.432. The van der Waals surface area contributed by atoms with Crippen LogP contribution in [0.2, 0.25) is 5.15 Å². The van der Waals surface area contributed by atoms with Crippen LogP contribution in [0, 0.1) is 0 Å². The fourth-order valence-electron chi connectivity index (χ4n) is 6.26. The maximum absolute atomic E-state index is 13.0. The largest absolute Gasteiger partial charge is 0.467 e. The van der Waals surface area contributed by atoms with Crippen LogP contribution in [0.1, 0.15) is 70.8 Å². The van der Waals surface area contributed by atoms with Crippen LogP contribution in [0.15, 0.2) is 48.5 Å². The lowest BCUT2D eigenvalue weighted by Crippen LogP contribution is -2.61. The van der Waals surface area contributed by atoms with Crippen molar-refractivity contribution < 1.29 is 52.4 Å². The summed E-state index contributed by atoms with van der Waals surface area (Å²) < 4.78 is 36.0. The number of esters is 5. The van der Waals surface area contributed by atoms with Crippen LogP contribution < -0.4 is 0 Å². The van der Waals surface area contributed by atoms with Gasteiger partial charge in [-0.15, -0.1) is 5.10 Å². The SMILES string of the molecule is CCCCc1nc(Cl)c(COC(C)=O)n1Cc1ccc(-c2ccccc2-c2nnnn2[C@H]2O[C@@H](C(=O)OC)[C@H](OC(C)=O)[C@@H](OC(C)=O)[C@@H]2OC(C)=O)cc1. The van der Waals surface area contributed by atoms with E-state index in [9.17, 15) is 24.0 Å². The summed E-state index contributed by atoms with van der Waals surface area (Å²) in [6.07, 6.45) is -5.13. The summed E-state index contributed by atoms with van der Waals surface area (Å²) in [7, 11) is 1.10. The molecule has 1 saturated heterocycles. The minimum Gasteiger partial charge on any atom is -0.467 e. The number of ether oxygens (including phenoxy) is 6. The standard InChI is InChI=1S/C37H41ClN6O11/c1-7-8-13-29-39-34(38)28(19-51-20(2)45)43(29)18-24-14-16-25(17-15-24)26-11-9-10-12-27(26)35-40-41-42-44(35)36-32(54-23(5)48)30(52-21(3)46)31(53-22(4)47)33(55-36)37(49)50-6/h9-12,14-17,30-33,36H,7-8,13,18-19H2,1-6H3/t30-,31-,32+,33-,36+/m1/s1. The zero-order valence-electron chi connectivity index (χ0n) is 31.1. The van der Waals surface area contributed by atoms with E-state index in [0.29, 0.717) is 29.8 Å². The lowest BCUT2D eigenvalue weighted by molar-refractivity contribution is -0.265. The second-order valence-corrected chi connectivity index (χ2v) is 13.0. The molecule has 0 saturated carbocycles. The molecule has 0 N–H and O–H groups in total. The minimum atomic E-state index is -1.64. The summed E-state index contributed by atoms with van der Waals surface area (Å²) in [5.41, 5.74) is 3.54. The van der Waals surface area contributed by atoms with Crippen LogP contribution in [-0.4, -0.2) is 91.1 Å². The van der Waals surface area contributed by atoms with Gasteiger partial charge in [-0.3, -0.25) is 19.2 Å². The first-order valence-electron chi connectivity index (χ1n) is 17.4. The summed E-state index contributed by atoms with van der Waals surface area (Å²) in [5, 5.41) is 12.6.